The molecule has 0 fully saturated rings. The van der Waals surface area contributed by atoms with Gasteiger partial charge in [0.25, 0.3) is 0 Å². The minimum atomic E-state index is -2.20. The minimum Gasteiger partial charge on any atom is -0.462 e. The van der Waals surface area contributed by atoms with E-state index in [1.807, 2.05) is 25.1 Å². The number of aliphatic hydroxyl groups excluding tert-OH is 1. The molecule has 0 aliphatic rings. The van der Waals surface area contributed by atoms with Crippen LogP contribution in [0.15, 0.2) is 30.3 Å². The standard InChI is InChI=1S/C35H64O4Si/c1-9-11-13-14-15-16-17-18-22-26-31(36)28-33(39-40(7,8)35(4,5)6)32(27-30-24-20-19-21-25-30)34(37)38-29(3)23-12-10-2/h19-21,24-25,29,31-33,36H,9-18,22-23,26-28H2,1-8H3/t29-,31+,32?,33-/m0/s1. The molecule has 1 unspecified atom stereocenters. The number of benzene rings is 1. The van der Waals surface area contributed by atoms with Gasteiger partial charge in [-0.05, 0) is 56.3 Å². The van der Waals surface area contributed by atoms with Gasteiger partial charge in [-0.3, -0.25) is 4.79 Å². The van der Waals surface area contributed by atoms with E-state index < -0.39 is 20.3 Å². The Morgan fingerprint density at radius 1 is 0.850 bits per heavy atom. The van der Waals surface area contributed by atoms with Crippen molar-refractivity contribution in [2.45, 2.75) is 174 Å². The normalized spacial score (nSPS) is 15.4. The number of carbonyl (C=O) groups excluding carboxylic acids is 1. The first-order valence-electron chi connectivity index (χ1n) is 16.5. The van der Waals surface area contributed by atoms with Crippen LogP contribution in [0.5, 0.6) is 0 Å². The van der Waals surface area contributed by atoms with E-state index in [4.69, 9.17) is 9.16 Å². The Labute approximate surface area is 249 Å². The van der Waals surface area contributed by atoms with E-state index in [9.17, 15) is 9.90 Å². The van der Waals surface area contributed by atoms with E-state index >= 15 is 0 Å². The summed E-state index contributed by atoms with van der Waals surface area (Å²) in [5.74, 6) is -0.634. The fourth-order valence-corrected chi connectivity index (χ4v) is 6.37. The molecule has 5 heteroatoms. The fraction of sp³-hybridized carbons (Fsp3) is 0.800. The summed E-state index contributed by atoms with van der Waals surface area (Å²) in [5, 5.41) is 11.2. The summed E-state index contributed by atoms with van der Waals surface area (Å²) >= 11 is 0. The van der Waals surface area contributed by atoms with Crippen LogP contribution in [0.25, 0.3) is 0 Å². The van der Waals surface area contributed by atoms with Gasteiger partial charge in [0, 0.05) is 0 Å². The van der Waals surface area contributed by atoms with Crippen molar-refractivity contribution in [3.05, 3.63) is 35.9 Å². The van der Waals surface area contributed by atoms with Gasteiger partial charge in [-0.1, -0.05) is 136 Å². The molecular weight excluding hydrogens is 512 g/mol. The zero-order valence-corrected chi connectivity index (χ0v) is 28.5. The van der Waals surface area contributed by atoms with E-state index in [-0.39, 0.29) is 23.2 Å². The molecule has 0 saturated carbocycles. The summed E-state index contributed by atoms with van der Waals surface area (Å²) in [6.45, 7) is 17.6. The Bertz CT molecular complexity index is 773. The molecule has 1 aromatic rings. The lowest BCUT2D eigenvalue weighted by Crippen LogP contribution is -2.48. The topological polar surface area (TPSA) is 55.8 Å². The molecule has 40 heavy (non-hydrogen) atoms. The third-order valence-corrected chi connectivity index (χ3v) is 13.2. The summed E-state index contributed by atoms with van der Waals surface area (Å²) in [7, 11) is -2.20. The number of unbranched alkanes of at least 4 members (excludes halogenated alkanes) is 9. The van der Waals surface area contributed by atoms with Gasteiger partial charge >= 0.3 is 5.97 Å². The molecule has 0 aromatic heterocycles. The highest BCUT2D eigenvalue weighted by Crippen LogP contribution is 2.39. The summed E-state index contributed by atoms with van der Waals surface area (Å²) in [5.41, 5.74) is 1.10. The number of rotatable bonds is 22. The van der Waals surface area contributed by atoms with Gasteiger partial charge in [0.1, 0.15) is 0 Å². The Morgan fingerprint density at radius 3 is 1.95 bits per heavy atom. The Balaban J connectivity index is 2.98. The number of hydrogen-bond acceptors (Lipinski definition) is 4. The molecular formula is C35H64O4Si. The average molecular weight is 577 g/mol. The van der Waals surface area contributed by atoms with Gasteiger partial charge in [-0.2, -0.15) is 0 Å². The molecule has 1 aromatic carbocycles. The maximum absolute atomic E-state index is 13.7. The second-order valence-electron chi connectivity index (χ2n) is 13.6. The van der Waals surface area contributed by atoms with Crippen molar-refractivity contribution in [2.24, 2.45) is 5.92 Å². The van der Waals surface area contributed by atoms with Crippen LogP contribution in [0.3, 0.4) is 0 Å². The number of esters is 1. The van der Waals surface area contributed by atoms with Crippen LogP contribution < -0.4 is 0 Å². The molecule has 1 rings (SSSR count). The van der Waals surface area contributed by atoms with Gasteiger partial charge in [-0.25, -0.2) is 0 Å². The van der Waals surface area contributed by atoms with E-state index in [1.54, 1.807) is 0 Å². The van der Waals surface area contributed by atoms with Crippen LogP contribution in [-0.4, -0.2) is 37.7 Å². The van der Waals surface area contributed by atoms with Crippen LogP contribution in [-0.2, 0) is 20.4 Å². The van der Waals surface area contributed by atoms with Crippen molar-refractivity contribution in [3.63, 3.8) is 0 Å². The molecule has 0 amide bonds. The lowest BCUT2D eigenvalue weighted by atomic mass is 9.89. The number of hydrogen-bond donors (Lipinski definition) is 1. The Kier molecular flexibility index (Phi) is 18.3. The Hall–Kier alpha value is -1.17. The summed E-state index contributed by atoms with van der Waals surface area (Å²) in [6.07, 6.45) is 15.2. The molecule has 0 bridgehead atoms. The summed E-state index contributed by atoms with van der Waals surface area (Å²) in [6, 6.07) is 10.2. The first kappa shape index (κ1) is 36.9. The summed E-state index contributed by atoms with van der Waals surface area (Å²) in [4.78, 5) is 13.7. The third-order valence-electron chi connectivity index (χ3n) is 8.73. The molecule has 1 N–H and O–H groups in total. The van der Waals surface area contributed by atoms with Crippen LogP contribution in [0.1, 0.15) is 137 Å². The minimum absolute atomic E-state index is 0.00293. The largest absolute Gasteiger partial charge is 0.462 e. The van der Waals surface area contributed by atoms with Crippen molar-refractivity contribution in [2.75, 3.05) is 0 Å². The first-order valence-corrected chi connectivity index (χ1v) is 19.4. The molecule has 232 valence electrons. The van der Waals surface area contributed by atoms with Crippen molar-refractivity contribution >= 4 is 14.3 Å². The Morgan fingerprint density at radius 2 is 1.40 bits per heavy atom. The van der Waals surface area contributed by atoms with Crippen molar-refractivity contribution in [3.8, 4) is 0 Å². The predicted molar refractivity (Wildman–Crippen MR) is 173 cm³/mol. The van der Waals surface area contributed by atoms with E-state index in [0.29, 0.717) is 12.8 Å². The number of ether oxygens (including phenoxy) is 1. The van der Waals surface area contributed by atoms with Gasteiger partial charge in [-0.15, -0.1) is 0 Å². The highest BCUT2D eigenvalue weighted by molar-refractivity contribution is 6.74. The zero-order valence-electron chi connectivity index (χ0n) is 27.5. The van der Waals surface area contributed by atoms with E-state index in [2.05, 4.69) is 59.8 Å². The highest BCUT2D eigenvalue weighted by atomic mass is 28.4. The zero-order chi connectivity index (χ0) is 30.0. The summed E-state index contributed by atoms with van der Waals surface area (Å²) < 4.78 is 13.0. The van der Waals surface area contributed by atoms with Crippen molar-refractivity contribution in [1.82, 2.24) is 0 Å². The predicted octanol–water partition coefficient (Wildman–Crippen LogP) is 10.0. The first-order chi connectivity index (χ1) is 18.9. The van der Waals surface area contributed by atoms with E-state index in [0.717, 1.165) is 44.1 Å². The molecule has 0 saturated heterocycles. The highest BCUT2D eigenvalue weighted by Gasteiger charge is 2.43. The smallest absolute Gasteiger partial charge is 0.312 e. The molecule has 0 aliphatic carbocycles. The second-order valence-corrected chi connectivity index (χ2v) is 18.4. The monoisotopic (exact) mass is 576 g/mol. The molecule has 0 spiro atoms. The average Bonchev–Trinajstić information content (AvgIpc) is 2.89. The van der Waals surface area contributed by atoms with Crippen LogP contribution >= 0.6 is 0 Å². The molecule has 0 radical (unpaired) electrons. The number of aliphatic hydroxyl groups is 1. The van der Waals surface area contributed by atoms with Gasteiger partial charge < -0.3 is 14.3 Å². The fourth-order valence-electron chi connectivity index (χ4n) is 5.00. The molecule has 0 aliphatic heterocycles. The van der Waals surface area contributed by atoms with Gasteiger partial charge in [0.2, 0.25) is 0 Å². The lowest BCUT2D eigenvalue weighted by molar-refractivity contribution is -0.157. The maximum Gasteiger partial charge on any atom is 0.312 e. The van der Waals surface area contributed by atoms with Gasteiger partial charge in [0.05, 0.1) is 24.2 Å². The number of carbonyl (C=O) groups is 1. The van der Waals surface area contributed by atoms with Crippen molar-refractivity contribution in [1.29, 1.82) is 0 Å². The maximum atomic E-state index is 13.7. The molecule has 4 nitrogen and oxygen atoms in total. The molecule has 4 atom stereocenters. The van der Waals surface area contributed by atoms with Crippen LogP contribution in [0.4, 0.5) is 0 Å². The quantitative estimate of drug-likeness (QED) is 0.0847. The van der Waals surface area contributed by atoms with E-state index in [1.165, 1.54) is 44.9 Å². The lowest BCUT2D eigenvalue weighted by Gasteiger charge is -2.41. The SMILES string of the molecule is CCCCCCCCCCC[C@@H](O)C[C@H](O[Si](C)(C)C(C)(C)C)C(Cc1ccccc1)C(=O)O[C@@H](C)CCCC. The second kappa shape index (κ2) is 19.9. The van der Waals surface area contributed by atoms with Crippen LogP contribution in [0, 0.1) is 5.92 Å². The van der Waals surface area contributed by atoms with Crippen LogP contribution in [0.2, 0.25) is 18.1 Å². The third kappa shape index (κ3) is 15.2. The molecule has 0 heterocycles. The van der Waals surface area contributed by atoms with Gasteiger partial charge in [0.15, 0.2) is 8.32 Å². The van der Waals surface area contributed by atoms with Crippen molar-refractivity contribution < 1.29 is 19.1 Å².